The molecule has 0 atom stereocenters. The first-order valence-corrected chi connectivity index (χ1v) is 5.23. The Kier molecular flexibility index (Phi) is 4.89. The lowest BCUT2D eigenvalue weighted by Crippen LogP contribution is -2.15. The van der Waals surface area contributed by atoms with Crippen molar-refractivity contribution in [2.75, 3.05) is 12.4 Å². The molecule has 4 heteroatoms. The van der Waals surface area contributed by atoms with E-state index in [-0.39, 0.29) is 0 Å². The molecule has 0 aliphatic rings. The molecule has 1 nitrogen and oxygen atoms in total. The average Bonchev–Trinajstić information content (AvgIpc) is 2.09. The lowest BCUT2D eigenvalue weighted by molar-refractivity contribution is 0.730. The van der Waals surface area contributed by atoms with E-state index in [1.807, 2.05) is 12.1 Å². The Bertz CT molecular complexity index is 276. The summed E-state index contributed by atoms with van der Waals surface area (Å²) in [5, 5.41) is 4.50. The van der Waals surface area contributed by atoms with Gasteiger partial charge in [0.1, 0.15) is 0 Å². The molecular weight excluding hydrogens is 228 g/mol. The van der Waals surface area contributed by atoms with E-state index in [9.17, 15) is 0 Å². The third-order valence-electron chi connectivity index (χ3n) is 1.60. The zero-order valence-electron chi connectivity index (χ0n) is 6.99. The molecule has 72 valence electrons. The zero-order chi connectivity index (χ0) is 9.68. The van der Waals surface area contributed by atoms with Crippen molar-refractivity contribution in [3.05, 3.63) is 33.8 Å². The molecule has 13 heavy (non-hydrogen) atoms. The maximum atomic E-state index is 5.95. The van der Waals surface area contributed by atoms with E-state index in [4.69, 9.17) is 34.8 Å². The van der Waals surface area contributed by atoms with Gasteiger partial charge in [-0.15, -0.1) is 11.6 Å². The first kappa shape index (κ1) is 11.1. The van der Waals surface area contributed by atoms with Gasteiger partial charge in [0.25, 0.3) is 0 Å². The molecule has 0 heterocycles. The Balaban J connectivity index is 2.56. The van der Waals surface area contributed by atoms with Crippen LogP contribution in [0.4, 0.5) is 0 Å². The van der Waals surface area contributed by atoms with Crippen molar-refractivity contribution in [3.63, 3.8) is 0 Å². The fourth-order valence-electron chi connectivity index (χ4n) is 0.955. The molecule has 1 rings (SSSR count). The molecule has 0 aliphatic heterocycles. The molecular formula is C9H10Cl3N. The van der Waals surface area contributed by atoms with Crippen molar-refractivity contribution >= 4 is 34.8 Å². The van der Waals surface area contributed by atoms with Crippen LogP contribution in [-0.4, -0.2) is 12.4 Å². The Morgan fingerprint density at radius 2 is 2.00 bits per heavy atom. The standard InChI is InChI=1S/C9H10Cl3N/c10-3-4-13-6-7-1-2-8(11)5-9(7)12/h1-2,5,13H,3-4,6H2. The molecule has 1 aromatic rings. The van der Waals surface area contributed by atoms with Crippen LogP contribution in [0, 0.1) is 0 Å². The van der Waals surface area contributed by atoms with Crippen molar-refractivity contribution < 1.29 is 0 Å². The van der Waals surface area contributed by atoms with E-state index in [1.54, 1.807) is 6.07 Å². The number of rotatable bonds is 4. The highest BCUT2D eigenvalue weighted by molar-refractivity contribution is 6.35. The minimum absolute atomic E-state index is 0.602. The summed E-state index contributed by atoms with van der Waals surface area (Å²) in [5.74, 6) is 0.602. The number of halogens is 3. The van der Waals surface area contributed by atoms with E-state index in [2.05, 4.69) is 5.32 Å². The summed E-state index contributed by atoms with van der Waals surface area (Å²) >= 11 is 17.2. The Labute approximate surface area is 93.0 Å². The normalized spacial score (nSPS) is 10.4. The maximum Gasteiger partial charge on any atom is 0.0465 e. The molecule has 0 radical (unpaired) electrons. The van der Waals surface area contributed by atoms with Gasteiger partial charge >= 0.3 is 0 Å². The zero-order valence-corrected chi connectivity index (χ0v) is 9.26. The molecule has 0 aromatic heterocycles. The van der Waals surface area contributed by atoms with E-state index < -0.39 is 0 Å². The number of alkyl halides is 1. The van der Waals surface area contributed by atoms with Crippen molar-refractivity contribution in [2.45, 2.75) is 6.54 Å². The van der Waals surface area contributed by atoms with Gasteiger partial charge in [-0.05, 0) is 17.7 Å². The van der Waals surface area contributed by atoms with Crippen molar-refractivity contribution in [3.8, 4) is 0 Å². The number of hydrogen-bond donors (Lipinski definition) is 1. The van der Waals surface area contributed by atoms with Gasteiger partial charge in [0, 0.05) is 29.0 Å². The molecule has 0 spiro atoms. The molecule has 0 saturated carbocycles. The first-order chi connectivity index (χ1) is 6.24. The summed E-state index contributed by atoms with van der Waals surface area (Å²) in [6, 6.07) is 5.47. The van der Waals surface area contributed by atoms with Crippen LogP contribution in [0.1, 0.15) is 5.56 Å². The first-order valence-electron chi connectivity index (χ1n) is 3.94. The lowest BCUT2D eigenvalue weighted by atomic mass is 10.2. The maximum absolute atomic E-state index is 5.95. The summed E-state index contributed by atoms with van der Waals surface area (Å²) < 4.78 is 0. The summed E-state index contributed by atoms with van der Waals surface area (Å²) in [6.45, 7) is 1.50. The van der Waals surface area contributed by atoms with Crippen LogP contribution in [0.25, 0.3) is 0 Å². The van der Waals surface area contributed by atoms with E-state index in [0.717, 1.165) is 18.7 Å². The second-order valence-electron chi connectivity index (χ2n) is 2.60. The van der Waals surface area contributed by atoms with Gasteiger partial charge in [-0.25, -0.2) is 0 Å². The van der Waals surface area contributed by atoms with Gasteiger partial charge in [-0.3, -0.25) is 0 Å². The summed E-state index contributed by atoms with van der Waals surface area (Å²) in [4.78, 5) is 0. The van der Waals surface area contributed by atoms with Crippen LogP contribution in [0.3, 0.4) is 0 Å². The average molecular weight is 239 g/mol. The van der Waals surface area contributed by atoms with Crippen LogP contribution in [0.2, 0.25) is 10.0 Å². The van der Waals surface area contributed by atoms with Crippen LogP contribution in [0.5, 0.6) is 0 Å². The highest BCUT2D eigenvalue weighted by Crippen LogP contribution is 2.20. The molecule has 0 unspecified atom stereocenters. The topological polar surface area (TPSA) is 12.0 Å². The highest BCUT2D eigenvalue weighted by atomic mass is 35.5. The molecule has 0 fully saturated rings. The fourth-order valence-corrected chi connectivity index (χ4v) is 1.56. The van der Waals surface area contributed by atoms with Gasteiger partial charge in [-0.1, -0.05) is 29.3 Å². The fraction of sp³-hybridized carbons (Fsp3) is 0.333. The largest absolute Gasteiger partial charge is 0.311 e. The third-order valence-corrected chi connectivity index (χ3v) is 2.38. The van der Waals surface area contributed by atoms with Gasteiger partial charge in [0.2, 0.25) is 0 Å². The Morgan fingerprint density at radius 1 is 1.23 bits per heavy atom. The van der Waals surface area contributed by atoms with Crippen LogP contribution >= 0.6 is 34.8 Å². The van der Waals surface area contributed by atoms with E-state index in [1.165, 1.54) is 0 Å². The second kappa shape index (κ2) is 5.71. The van der Waals surface area contributed by atoms with Gasteiger partial charge in [0.05, 0.1) is 0 Å². The predicted molar refractivity (Wildman–Crippen MR) is 58.9 cm³/mol. The van der Waals surface area contributed by atoms with Crippen molar-refractivity contribution in [1.29, 1.82) is 0 Å². The Morgan fingerprint density at radius 3 is 2.62 bits per heavy atom. The third kappa shape index (κ3) is 3.74. The minimum atomic E-state index is 0.602. The van der Waals surface area contributed by atoms with Gasteiger partial charge in [0.15, 0.2) is 0 Å². The van der Waals surface area contributed by atoms with Gasteiger partial charge in [-0.2, -0.15) is 0 Å². The molecule has 1 N–H and O–H groups in total. The molecule has 0 aliphatic carbocycles. The summed E-state index contributed by atoms with van der Waals surface area (Å²) in [7, 11) is 0. The van der Waals surface area contributed by atoms with E-state index >= 15 is 0 Å². The smallest absolute Gasteiger partial charge is 0.0465 e. The Hall–Kier alpha value is 0.0500. The minimum Gasteiger partial charge on any atom is -0.311 e. The quantitative estimate of drug-likeness (QED) is 0.627. The number of nitrogens with one attached hydrogen (secondary N) is 1. The monoisotopic (exact) mass is 237 g/mol. The molecule has 1 aromatic carbocycles. The summed E-state index contributed by atoms with van der Waals surface area (Å²) in [5.41, 5.74) is 1.04. The molecule has 0 amide bonds. The molecule has 0 saturated heterocycles. The second-order valence-corrected chi connectivity index (χ2v) is 3.82. The van der Waals surface area contributed by atoms with Crippen molar-refractivity contribution in [1.82, 2.24) is 5.32 Å². The van der Waals surface area contributed by atoms with Crippen LogP contribution < -0.4 is 5.32 Å². The molecule has 0 bridgehead atoms. The van der Waals surface area contributed by atoms with Gasteiger partial charge < -0.3 is 5.32 Å². The SMILES string of the molecule is ClCCNCc1ccc(Cl)cc1Cl. The lowest BCUT2D eigenvalue weighted by Gasteiger charge is -2.05. The van der Waals surface area contributed by atoms with Crippen molar-refractivity contribution in [2.24, 2.45) is 0 Å². The van der Waals surface area contributed by atoms with E-state index in [0.29, 0.717) is 15.9 Å². The van der Waals surface area contributed by atoms with Crippen LogP contribution in [-0.2, 0) is 6.54 Å². The summed E-state index contributed by atoms with van der Waals surface area (Å²) in [6.07, 6.45) is 0. The number of benzene rings is 1. The number of hydrogen-bond acceptors (Lipinski definition) is 1. The van der Waals surface area contributed by atoms with Crippen LogP contribution in [0.15, 0.2) is 18.2 Å². The highest BCUT2D eigenvalue weighted by Gasteiger charge is 1.99. The predicted octanol–water partition coefficient (Wildman–Crippen LogP) is 3.32.